The van der Waals surface area contributed by atoms with Gasteiger partial charge < -0.3 is 4.90 Å². The van der Waals surface area contributed by atoms with Crippen molar-refractivity contribution in [2.75, 3.05) is 26.2 Å². The largest absolute Gasteiger partial charge is 0.335 e. The molecule has 2 aromatic rings. The highest BCUT2D eigenvalue weighted by Crippen LogP contribution is 2.18. The zero-order valence-corrected chi connectivity index (χ0v) is 13.6. The van der Waals surface area contributed by atoms with E-state index in [0.717, 1.165) is 18.4 Å². The molecule has 128 valence electrons. The number of aromatic amines is 1. The number of amides is 1. The molecule has 1 aliphatic heterocycles. The van der Waals surface area contributed by atoms with Crippen LogP contribution in [0.4, 0.5) is 5.69 Å². The van der Waals surface area contributed by atoms with Crippen LogP contribution in [0.25, 0.3) is 0 Å². The minimum atomic E-state index is -0.599. The van der Waals surface area contributed by atoms with E-state index < -0.39 is 4.92 Å². The van der Waals surface area contributed by atoms with E-state index in [1.807, 2.05) is 20.2 Å². The van der Waals surface area contributed by atoms with Crippen molar-refractivity contribution in [2.45, 2.75) is 13.5 Å². The first kappa shape index (κ1) is 16.1. The Morgan fingerprint density at radius 1 is 1.38 bits per heavy atom. The zero-order valence-electron chi connectivity index (χ0n) is 13.6. The SMILES string of the molecule is Cc1nn(C)cc1CN1CCN(C(=O)c2[nH]ncc2[N+](=O)[O-])CC1. The van der Waals surface area contributed by atoms with Gasteiger partial charge in [0.15, 0.2) is 0 Å². The van der Waals surface area contributed by atoms with Gasteiger partial charge in [-0.25, -0.2) is 0 Å². The number of aryl methyl sites for hydroxylation is 2. The second kappa shape index (κ2) is 6.40. The number of nitrogens with one attached hydrogen (secondary N) is 1. The van der Waals surface area contributed by atoms with Gasteiger partial charge in [-0.15, -0.1) is 0 Å². The summed E-state index contributed by atoms with van der Waals surface area (Å²) in [6.45, 7) is 5.23. The normalized spacial score (nSPS) is 15.7. The lowest BCUT2D eigenvalue weighted by atomic mass is 10.2. The molecule has 1 amide bonds. The molecular formula is C14H19N7O3. The van der Waals surface area contributed by atoms with Gasteiger partial charge in [0.2, 0.25) is 5.69 Å². The highest BCUT2D eigenvalue weighted by molar-refractivity contribution is 5.96. The van der Waals surface area contributed by atoms with Crippen LogP contribution in [0.15, 0.2) is 12.4 Å². The number of hydrogen-bond acceptors (Lipinski definition) is 6. The van der Waals surface area contributed by atoms with Crippen LogP contribution in [-0.2, 0) is 13.6 Å². The number of aromatic nitrogens is 4. The Morgan fingerprint density at radius 3 is 2.67 bits per heavy atom. The third-order valence-electron chi connectivity index (χ3n) is 4.20. The first-order valence-electron chi connectivity index (χ1n) is 7.64. The predicted molar refractivity (Wildman–Crippen MR) is 84.4 cm³/mol. The monoisotopic (exact) mass is 333 g/mol. The Bertz CT molecular complexity index is 758. The molecule has 3 heterocycles. The van der Waals surface area contributed by atoms with Crippen LogP contribution in [0.1, 0.15) is 21.7 Å². The van der Waals surface area contributed by atoms with Crippen LogP contribution in [0.2, 0.25) is 0 Å². The molecule has 0 atom stereocenters. The summed E-state index contributed by atoms with van der Waals surface area (Å²) in [4.78, 5) is 26.6. The predicted octanol–water partition coefficient (Wildman–Crippen LogP) is 0.318. The van der Waals surface area contributed by atoms with Crippen LogP contribution < -0.4 is 0 Å². The number of carbonyl (C=O) groups excluding carboxylic acids is 1. The molecule has 1 fully saturated rings. The molecule has 1 saturated heterocycles. The van der Waals surface area contributed by atoms with Gasteiger partial charge in [-0.05, 0) is 6.92 Å². The van der Waals surface area contributed by atoms with Crippen LogP contribution in [0.3, 0.4) is 0 Å². The molecule has 1 N–H and O–H groups in total. The number of piperazine rings is 1. The van der Waals surface area contributed by atoms with Crippen molar-refractivity contribution in [3.05, 3.63) is 39.5 Å². The Balaban J connectivity index is 1.60. The van der Waals surface area contributed by atoms with Crippen LogP contribution >= 0.6 is 0 Å². The summed E-state index contributed by atoms with van der Waals surface area (Å²) in [6.07, 6.45) is 3.06. The number of nitrogens with zero attached hydrogens (tertiary/aromatic N) is 6. The Labute approximate surface area is 138 Å². The summed E-state index contributed by atoms with van der Waals surface area (Å²) in [6, 6.07) is 0. The van der Waals surface area contributed by atoms with Crippen LogP contribution in [0, 0.1) is 17.0 Å². The van der Waals surface area contributed by atoms with Crippen LogP contribution in [0.5, 0.6) is 0 Å². The number of hydrogen-bond donors (Lipinski definition) is 1. The quantitative estimate of drug-likeness (QED) is 0.637. The number of H-pyrrole nitrogens is 1. The molecule has 0 bridgehead atoms. The average Bonchev–Trinajstić information content (AvgIpc) is 3.14. The molecule has 0 saturated carbocycles. The molecule has 0 radical (unpaired) electrons. The summed E-state index contributed by atoms with van der Waals surface area (Å²) >= 11 is 0. The van der Waals surface area contributed by atoms with E-state index in [0.29, 0.717) is 26.2 Å². The Kier molecular flexibility index (Phi) is 4.30. The minimum absolute atomic E-state index is 0.0587. The minimum Gasteiger partial charge on any atom is -0.335 e. The van der Waals surface area contributed by atoms with Gasteiger partial charge in [0, 0.05) is 51.5 Å². The Hall–Kier alpha value is -2.75. The fourth-order valence-corrected chi connectivity index (χ4v) is 2.89. The van der Waals surface area contributed by atoms with Crippen molar-refractivity contribution in [3.8, 4) is 0 Å². The Morgan fingerprint density at radius 2 is 2.08 bits per heavy atom. The maximum Gasteiger partial charge on any atom is 0.319 e. The van der Waals surface area contributed by atoms with E-state index in [-0.39, 0.29) is 17.3 Å². The highest BCUT2D eigenvalue weighted by atomic mass is 16.6. The van der Waals surface area contributed by atoms with Gasteiger partial charge in [-0.1, -0.05) is 0 Å². The molecule has 10 heteroatoms. The van der Waals surface area contributed by atoms with Crippen LogP contribution in [-0.4, -0.2) is 66.8 Å². The van der Waals surface area contributed by atoms with Gasteiger partial charge >= 0.3 is 5.69 Å². The third-order valence-corrected chi connectivity index (χ3v) is 4.20. The lowest BCUT2D eigenvalue weighted by Gasteiger charge is -2.34. The van der Waals surface area contributed by atoms with E-state index in [1.54, 1.807) is 9.58 Å². The lowest BCUT2D eigenvalue weighted by Crippen LogP contribution is -2.48. The summed E-state index contributed by atoms with van der Waals surface area (Å²) < 4.78 is 1.79. The number of carbonyl (C=O) groups is 1. The van der Waals surface area contributed by atoms with E-state index in [9.17, 15) is 14.9 Å². The first-order valence-corrected chi connectivity index (χ1v) is 7.64. The van der Waals surface area contributed by atoms with E-state index in [1.165, 1.54) is 5.56 Å². The summed E-state index contributed by atoms with van der Waals surface area (Å²) in [5.74, 6) is -0.378. The molecule has 0 aliphatic carbocycles. The van der Waals surface area contributed by atoms with Crippen molar-refractivity contribution in [3.63, 3.8) is 0 Å². The fourth-order valence-electron chi connectivity index (χ4n) is 2.89. The molecule has 10 nitrogen and oxygen atoms in total. The van der Waals surface area contributed by atoms with Gasteiger partial charge in [0.1, 0.15) is 6.20 Å². The molecule has 3 rings (SSSR count). The third kappa shape index (κ3) is 3.13. The topological polar surface area (TPSA) is 113 Å². The van der Waals surface area contributed by atoms with E-state index in [2.05, 4.69) is 20.2 Å². The van der Waals surface area contributed by atoms with Gasteiger partial charge in [0.25, 0.3) is 5.91 Å². The van der Waals surface area contributed by atoms with Gasteiger partial charge in [0.05, 0.1) is 10.6 Å². The maximum absolute atomic E-state index is 12.4. The molecule has 24 heavy (non-hydrogen) atoms. The second-order valence-corrected chi connectivity index (χ2v) is 5.87. The summed E-state index contributed by atoms with van der Waals surface area (Å²) in [5, 5.41) is 21.3. The van der Waals surface area contributed by atoms with Gasteiger partial charge in [-0.2, -0.15) is 10.2 Å². The first-order chi connectivity index (χ1) is 11.5. The smallest absolute Gasteiger partial charge is 0.319 e. The van der Waals surface area contributed by atoms with E-state index >= 15 is 0 Å². The lowest BCUT2D eigenvalue weighted by molar-refractivity contribution is -0.385. The highest BCUT2D eigenvalue weighted by Gasteiger charge is 2.29. The van der Waals surface area contributed by atoms with E-state index in [4.69, 9.17) is 0 Å². The number of rotatable bonds is 4. The summed E-state index contributed by atoms with van der Waals surface area (Å²) in [5.41, 5.74) is 1.83. The van der Waals surface area contributed by atoms with Crippen molar-refractivity contribution < 1.29 is 9.72 Å². The maximum atomic E-state index is 12.4. The molecule has 1 aliphatic rings. The molecule has 0 unspecified atom stereocenters. The standard InChI is InChI=1S/C14H19N7O3/c1-10-11(8-18(2)17-10)9-19-3-5-20(6-4-19)14(22)13-12(21(23)24)7-15-16-13/h7-8H,3-6,9H2,1-2H3,(H,15,16). The van der Waals surface area contributed by atoms with Crippen molar-refractivity contribution in [2.24, 2.45) is 7.05 Å². The van der Waals surface area contributed by atoms with Crippen molar-refractivity contribution in [1.82, 2.24) is 29.8 Å². The molecular weight excluding hydrogens is 314 g/mol. The number of nitro groups is 1. The second-order valence-electron chi connectivity index (χ2n) is 5.87. The van der Waals surface area contributed by atoms with Crippen molar-refractivity contribution in [1.29, 1.82) is 0 Å². The molecule has 2 aromatic heterocycles. The zero-order chi connectivity index (χ0) is 17.3. The average molecular weight is 333 g/mol. The van der Waals surface area contributed by atoms with Gasteiger partial charge in [-0.3, -0.25) is 29.6 Å². The summed E-state index contributed by atoms with van der Waals surface area (Å²) in [7, 11) is 1.89. The molecule has 0 spiro atoms. The fraction of sp³-hybridized carbons (Fsp3) is 0.500. The van der Waals surface area contributed by atoms with Crippen molar-refractivity contribution >= 4 is 11.6 Å². The molecule has 0 aromatic carbocycles.